The first-order chi connectivity index (χ1) is 20.7. The van der Waals surface area contributed by atoms with Crippen molar-refractivity contribution >= 4 is 28.7 Å². The Labute approximate surface area is 242 Å². The number of fused-ring (bicyclic) bond motifs is 1. The highest BCUT2D eigenvalue weighted by atomic mass is 19.1. The Balaban J connectivity index is 1.41. The Morgan fingerprint density at radius 2 is 1.57 bits per heavy atom. The van der Waals surface area contributed by atoms with Gasteiger partial charge in [-0.2, -0.15) is 5.10 Å². The van der Waals surface area contributed by atoms with Crippen LogP contribution in [0.2, 0.25) is 0 Å². The van der Waals surface area contributed by atoms with Crippen molar-refractivity contribution in [1.29, 1.82) is 0 Å². The van der Waals surface area contributed by atoms with Crippen molar-refractivity contribution in [3.8, 4) is 11.5 Å². The Hall–Kier alpha value is -4.90. The predicted octanol–water partition coefficient (Wildman–Crippen LogP) is 4.69. The third-order valence-corrected chi connectivity index (χ3v) is 7.77. The third-order valence-electron chi connectivity index (χ3n) is 7.77. The molecule has 2 aliphatic rings. The molecule has 0 saturated carbocycles. The van der Waals surface area contributed by atoms with E-state index in [0.29, 0.717) is 61.6 Å². The number of aromatic nitrogens is 6. The molecule has 1 aliphatic heterocycles. The molecule has 5 heterocycles. The summed E-state index contributed by atoms with van der Waals surface area (Å²) < 4.78 is 22.1. The summed E-state index contributed by atoms with van der Waals surface area (Å²) in [6, 6.07) is 14.5. The molecule has 1 aromatic carbocycles. The van der Waals surface area contributed by atoms with Gasteiger partial charge in [0.15, 0.2) is 17.5 Å². The number of anilines is 5. The van der Waals surface area contributed by atoms with E-state index in [0.717, 1.165) is 47.6 Å². The molecule has 1 fully saturated rings. The quantitative estimate of drug-likeness (QED) is 0.301. The fourth-order valence-electron chi connectivity index (χ4n) is 5.80. The zero-order chi connectivity index (χ0) is 28.5. The van der Waals surface area contributed by atoms with Crippen LogP contribution in [0.5, 0.6) is 0 Å². The lowest BCUT2D eigenvalue weighted by Gasteiger charge is -2.34. The molecule has 212 valence electrons. The van der Waals surface area contributed by atoms with Crippen LogP contribution in [0.1, 0.15) is 23.2 Å². The zero-order valence-corrected chi connectivity index (χ0v) is 23.0. The van der Waals surface area contributed by atoms with Gasteiger partial charge in [0.25, 0.3) is 0 Å². The van der Waals surface area contributed by atoms with Crippen molar-refractivity contribution in [2.75, 3.05) is 41.8 Å². The lowest BCUT2D eigenvalue weighted by atomic mass is 10.1. The molecule has 7 rings (SSSR count). The SMILES string of the molecule is Nc1nc(-c2nn(Cc3ccccc3F)c3c2CCC3)nc(N(c2ccncc2)c2ccncc2)c1N1CCOCC1. The second kappa shape index (κ2) is 11.2. The average molecular weight is 564 g/mol. The topological polar surface area (TPSA) is 111 Å². The lowest BCUT2D eigenvalue weighted by molar-refractivity contribution is 0.123. The molecular weight excluding hydrogens is 533 g/mol. The van der Waals surface area contributed by atoms with Gasteiger partial charge < -0.3 is 15.4 Å². The summed E-state index contributed by atoms with van der Waals surface area (Å²) in [4.78, 5) is 22.7. The van der Waals surface area contributed by atoms with Gasteiger partial charge >= 0.3 is 0 Å². The highest BCUT2D eigenvalue weighted by Crippen LogP contribution is 2.43. The number of nitrogens with two attached hydrogens (primary N) is 1. The molecule has 0 atom stereocenters. The molecule has 0 radical (unpaired) electrons. The minimum Gasteiger partial charge on any atom is -0.382 e. The summed E-state index contributed by atoms with van der Waals surface area (Å²) in [5.41, 5.74) is 12.7. The van der Waals surface area contributed by atoms with Crippen LogP contribution in [0.25, 0.3) is 11.5 Å². The fraction of sp³-hybridized carbons (Fsp3) is 0.258. The number of benzene rings is 1. The van der Waals surface area contributed by atoms with E-state index in [9.17, 15) is 4.39 Å². The van der Waals surface area contributed by atoms with E-state index in [1.54, 1.807) is 36.9 Å². The number of rotatable bonds is 7. The van der Waals surface area contributed by atoms with E-state index >= 15 is 0 Å². The first-order valence-electron chi connectivity index (χ1n) is 14.1. The number of ether oxygens (including phenoxy) is 1. The van der Waals surface area contributed by atoms with E-state index in [1.165, 1.54) is 6.07 Å². The molecular formula is C31H30FN9O. The number of pyridine rings is 2. The summed E-state index contributed by atoms with van der Waals surface area (Å²) in [7, 11) is 0. The molecule has 11 heteroatoms. The van der Waals surface area contributed by atoms with Gasteiger partial charge in [0.1, 0.15) is 17.2 Å². The van der Waals surface area contributed by atoms with Gasteiger partial charge in [-0.25, -0.2) is 14.4 Å². The number of halogens is 1. The van der Waals surface area contributed by atoms with Crippen LogP contribution in [0, 0.1) is 5.82 Å². The van der Waals surface area contributed by atoms with E-state index in [4.69, 9.17) is 25.5 Å². The van der Waals surface area contributed by atoms with E-state index in [1.807, 2.05) is 39.9 Å². The van der Waals surface area contributed by atoms with Crippen molar-refractivity contribution in [3.05, 3.63) is 96.0 Å². The number of hydrogen-bond acceptors (Lipinski definition) is 9. The van der Waals surface area contributed by atoms with Crippen molar-refractivity contribution in [1.82, 2.24) is 29.7 Å². The number of nitrogens with zero attached hydrogens (tertiary/aromatic N) is 8. The second-order valence-corrected chi connectivity index (χ2v) is 10.3. The standard InChI is InChI=1S/C31H30FN9O/c32-25-6-2-1-4-21(25)20-40-26-7-3-5-24(26)27(38-40)30-36-29(33)28(39-16-18-42-19-17-39)31(37-30)41(22-8-12-34-13-9-22)23-10-14-35-15-11-23/h1-2,4,6,8-15H,3,5,7,16-20H2,(H2,33,36,37). The first-order valence-corrected chi connectivity index (χ1v) is 14.1. The van der Waals surface area contributed by atoms with Crippen LogP contribution in [0.3, 0.4) is 0 Å². The zero-order valence-electron chi connectivity index (χ0n) is 23.0. The first kappa shape index (κ1) is 26.0. The molecule has 10 nitrogen and oxygen atoms in total. The number of hydrogen-bond donors (Lipinski definition) is 1. The molecule has 2 N–H and O–H groups in total. The highest BCUT2D eigenvalue weighted by Gasteiger charge is 2.30. The van der Waals surface area contributed by atoms with Crippen LogP contribution in [-0.2, 0) is 24.1 Å². The molecule has 0 spiro atoms. The maximum atomic E-state index is 14.6. The van der Waals surface area contributed by atoms with Crippen molar-refractivity contribution in [2.45, 2.75) is 25.8 Å². The van der Waals surface area contributed by atoms with Gasteiger partial charge in [0.2, 0.25) is 0 Å². The van der Waals surface area contributed by atoms with Crippen LogP contribution in [-0.4, -0.2) is 56.0 Å². The van der Waals surface area contributed by atoms with Crippen LogP contribution < -0.4 is 15.5 Å². The number of morpholine rings is 1. The predicted molar refractivity (Wildman–Crippen MR) is 158 cm³/mol. The van der Waals surface area contributed by atoms with Gasteiger partial charge in [0, 0.05) is 54.7 Å². The molecule has 0 unspecified atom stereocenters. The Morgan fingerprint density at radius 3 is 2.26 bits per heavy atom. The molecule has 1 saturated heterocycles. The van der Waals surface area contributed by atoms with Gasteiger partial charge in [-0.3, -0.25) is 19.5 Å². The lowest BCUT2D eigenvalue weighted by Crippen LogP contribution is -2.38. The minimum absolute atomic E-state index is 0.246. The van der Waals surface area contributed by atoms with Crippen molar-refractivity contribution < 1.29 is 9.13 Å². The van der Waals surface area contributed by atoms with Gasteiger partial charge in [-0.05, 0) is 49.6 Å². The van der Waals surface area contributed by atoms with Crippen LogP contribution in [0.4, 0.5) is 33.1 Å². The van der Waals surface area contributed by atoms with Crippen LogP contribution in [0.15, 0.2) is 73.3 Å². The summed E-state index contributed by atoms with van der Waals surface area (Å²) >= 11 is 0. The maximum absolute atomic E-state index is 14.6. The minimum atomic E-state index is -0.246. The smallest absolute Gasteiger partial charge is 0.184 e. The van der Waals surface area contributed by atoms with Gasteiger partial charge in [-0.1, -0.05) is 18.2 Å². The monoisotopic (exact) mass is 563 g/mol. The third kappa shape index (κ3) is 4.81. The van der Waals surface area contributed by atoms with E-state index in [2.05, 4.69) is 14.9 Å². The van der Waals surface area contributed by atoms with Crippen LogP contribution >= 0.6 is 0 Å². The normalized spacial score (nSPS) is 14.6. The molecule has 0 amide bonds. The molecule has 5 aromatic rings. The molecule has 0 bridgehead atoms. The molecule has 42 heavy (non-hydrogen) atoms. The molecule has 4 aromatic heterocycles. The Morgan fingerprint density at radius 1 is 0.881 bits per heavy atom. The van der Waals surface area contributed by atoms with Crippen molar-refractivity contribution in [2.24, 2.45) is 0 Å². The highest BCUT2D eigenvalue weighted by molar-refractivity contribution is 5.88. The average Bonchev–Trinajstić information content (AvgIpc) is 3.64. The summed E-state index contributed by atoms with van der Waals surface area (Å²) in [6.45, 7) is 2.82. The van der Waals surface area contributed by atoms with E-state index in [-0.39, 0.29) is 5.82 Å². The maximum Gasteiger partial charge on any atom is 0.184 e. The van der Waals surface area contributed by atoms with Gasteiger partial charge in [0.05, 0.1) is 31.1 Å². The Bertz CT molecular complexity index is 1670. The fourth-order valence-corrected chi connectivity index (χ4v) is 5.80. The summed E-state index contributed by atoms with van der Waals surface area (Å²) in [5.74, 6) is 1.19. The summed E-state index contributed by atoms with van der Waals surface area (Å²) in [5, 5.41) is 4.97. The van der Waals surface area contributed by atoms with Crippen molar-refractivity contribution in [3.63, 3.8) is 0 Å². The number of nitrogen functional groups attached to an aromatic ring is 1. The molecule has 1 aliphatic carbocycles. The second-order valence-electron chi connectivity index (χ2n) is 10.3. The van der Waals surface area contributed by atoms with Gasteiger partial charge in [-0.15, -0.1) is 0 Å². The summed E-state index contributed by atoms with van der Waals surface area (Å²) in [6.07, 6.45) is 9.71. The van der Waals surface area contributed by atoms with E-state index < -0.39 is 0 Å². The Kier molecular flexibility index (Phi) is 6.92. The largest absolute Gasteiger partial charge is 0.382 e.